The Hall–Kier alpha value is -2.78. The SMILES string of the molecule is CC1(c2cccc(C(=O)Nc3ncc(C4CCNCC4)s3)c2)NC(=O)NC1=O. The lowest BCUT2D eigenvalue weighted by Gasteiger charge is -2.21. The molecule has 4 N–H and O–H groups in total. The maximum atomic E-state index is 12.7. The Morgan fingerprint density at radius 2 is 2.07 bits per heavy atom. The zero-order chi connectivity index (χ0) is 19.7. The zero-order valence-electron chi connectivity index (χ0n) is 15.4. The van der Waals surface area contributed by atoms with Crippen LogP contribution < -0.4 is 21.3 Å². The predicted octanol–water partition coefficient (Wildman–Crippen LogP) is 1.92. The second-order valence-corrected chi connectivity index (χ2v) is 8.22. The minimum absolute atomic E-state index is 0.304. The summed E-state index contributed by atoms with van der Waals surface area (Å²) in [5.41, 5.74) is -0.263. The van der Waals surface area contributed by atoms with Crippen LogP contribution >= 0.6 is 11.3 Å². The van der Waals surface area contributed by atoms with Crippen LogP contribution in [0.5, 0.6) is 0 Å². The molecule has 9 heteroatoms. The number of carbonyl (C=O) groups is 3. The van der Waals surface area contributed by atoms with E-state index < -0.39 is 17.5 Å². The number of hydrogen-bond donors (Lipinski definition) is 4. The van der Waals surface area contributed by atoms with E-state index in [1.165, 1.54) is 16.2 Å². The number of nitrogens with one attached hydrogen (secondary N) is 4. The first-order valence-corrected chi connectivity index (χ1v) is 9.99. The van der Waals surface area contributed by atoms with Crippen molar-refractivity contribution in [3.63, 3.8) is 0 Å². The molecule has 2 saturated heterocycles. The molecule has 1 atom stereocenters. The van der Waals surface area contributed by atoms with Gasteiger partial charge in [0.25, 0.3) is 11.8 Å². The van der Waals surface area contributed by atoms with Crippen molar-refractivity contribution in [3.05, 3.63) is 46.5 Å². The van der Waals surface area contributed by atoms with Crippen LogP contribution in [0.15, 0.2) is 30.5 Å². The van der Waals surface area contributed by atoms with Crippen LogP contribution in [0.1, 0.15) is 46.5 Å². The lowest BCUT2D eigenvalue weighted by atomic mass is 9.91. The molecule has 146 valence electrons. The maximum absolute atomic E-state index is 12.7. The van der Waals surface area contributed by atoms with Crippen LogP contribution in [0.3, 0.4) is 0 Å². The van der Waals surface area contributed by atoms with E-state index in [0.29, 0.717) is 22.2 Å². The first-order chi connectivity index (χ1) is 13.5. The van der Waals surface area contributed by atoms with Crippen molar-refractivity contribution in [1.29, 1.82) is 0 Å². The number of piperidine rings is 1. The highest BCUT2D eigenvalue weighted by Gasteiger charge is 2.43. The van der Waals surface area contributed by atoms with Gasteiger partial charge in [-0.3, -0.25) is 20.2 Å². The molecule has 8 nitrogen and oxygen atoms in total. The van der Waals surface area contributed by atoms with E-state index in [2.05, 4.69) is 26.3 Å². The van der Waals surface area contributed by atoms with E-state index >= 15 is 0 Å². The molecule has 2 aliphatic heterocycles. The largest absolute Gasteiger partial charge is 0.322 e. The summed E-state index contributed by atoms with van der Waals surface area (Å²) in [7, 11) is 0. The normalized spacial score (nSPS) is 22.6. The number of rotatable bonds is 4. The molecule has 1 aromatic heterocycles. The van der Waals surface area contributed by atoms with Crippen molar-refractivity contribution >= 4 is 34.3 Å². The molecule has 2 aromatic rings. The van der Waals surface area contributed by atoms with E-state index in [1.807, 2.05) is 6.20 Å². The van der Waals surface area contributed by atoms with Crippen molar-refractivity contribution in [2.45, 2.75) is 31.2 Å². The van der Waals surface area contributed by atoms with Gasteiger partial charge in [0.2, 0.25) is 0 Å². The molecule has 28 heavy (non-hydrogen) atoms. The van der Waals surface area contributed by atoms with Crippen LogP contribution in [0, 0.1) is 0 Å². The molecule has 2 fully saturated rings. The minimum Gasteiger partial charge on any atom is -0.320 e. The number of anilines is 1. The minimum atomic E-state index is -1.20. The molecule has 0 radical (unpaired) electrons. The highest BCUT2D eigenvalue weighted by Crippen LogP contribution is 2.32. The highest BCUT2D eigenvalue weighted by molar-refractivity contribution is 7.15. The molecule has 0 saturated carbocycles. The second-order valence-electron chi connectivity index (χ2n) is 7.16. The van der Waals surface area contributed by atoms with E-state index in [4.69, 9.17) is 0 Å². The monoisotopic (exact) mass is 399 g/mol. The number of nitrogens with zero attached hydrogens (tertiary/aromatic N) is 1. The van der Waals surface area contributed by atoms with E-state index in [-0.39, 0.29) is 5.91 Å². The van der Waals surface area contributed by atoms with Crippen molar-refractivity contribution in [3.8, 4) is 0 Å². The van der Waals surface area contributed by atoms with E-state index in [0.717, 1.165) is 25.9 Å². The Bertz CT molecular complexity index is 937. The molecule has 3 heterocycles. The molecule has 0 bridgehead atoms. The number of thiazole rings is 1. The summed E-state index contributed by atoms with van der Waals surface area (Å²) in [6.07, 6.45) is 3.99. The van der Waals surface area contributed by atoms with E-state index in [1.54, 1.807) is 31.2 Å². The predicted molar refractivity (Wildman–Crippen MR) is 105 cm³/mol. The van der Waals surface area contributed by atoms with Crippen LogP contribution in [-0.4, -0.2) is 35.9 Å². The lowest BCUT2D eigenvalue weighted by molar-refractivity contribution is -0.123. The fraction of sp³-hybridized carbons (Fsp3) is 0.368. The van der Waals surface area contributed by atoms with Crippen LogP contribution in [0.4, 0.5) is 9.93 Å². The van der Waals surface area contributed by atoms with Crippen molar-refractivity contribution < 1.29 is 14.4 Å². The molecule has 4 rings (SSSR count). The third-order valence-electron chi connectivity index (χ3n) is 5.23. The summed E-state index contributed by atoms with van der Waals surface area (Å²) in [5, 5.41) is 11.6. The summed E-state index contributed by atoms with van der Waals surface area (Å²) < 4.78 is 0. The number of amides is 4. The number of urea groups is 1. The van der Waals surface area contributed by atoms with Gasteiger partial charge in [0, 0.05) is 16.6 Å². The average molecular weight is 399 g/mol. The average Bonchev–Trinajstić information content (AvgIpc) is 3.27. The summed E-state index contributed by atoms with van der Waals surface area (Å²) >= 11 is 1.50. The standard InChI is InChI=1S/C19H21N5O3S/c1-19(16(26)23-17(27)24-19)13-4-2-3-12(9-13)15(25)22-18-21-10-14(28-18)11-5-7-20-8-6-11/h2-4,9-11,20H,5-8H2,1H3,(H,21,22,25)(H2,23,24,26,27). The Kier molecular flexibility index (Phi) is 4.86. The lowest BCUT2D eigenvalue weighted by Crippen LogP contribution is -2.40. The first-order valence-electron chi connectivity index (χ1n) is 9.17. The van der Waals surface area contributed by atoms with Gasteiger partial charge in [-0.1, -0.05) is 12.1 Å². The Labute approximate surface area is 166 Å². The van der Waals surface area contributed by atoms with Gasteiger partial charge in [-0.05, 0) is 56.5 Å². The van der Waals surface area contributed by atoms with Crippen LogP contribution in [0.2, 0.25) is 0 Å². The number of aromatic nitrogens is 1. The van der Waals surface area contributed by atoms with Gasteiger partial charge < -0.3 is 10.6 Å². The molecule has 1 aromatic carbocycles. The number of benzene rings is 1. The fourth-order valence-corrected chi connectivity index (χ4v) is 4.51. The molecule has 4 amide bonds. The molecular formula is C19H21N5O3S. The third kappa shape index (κ3) is 3.50. The summed E-state index contributed by atoms with van der Waals surface area (Å²) in [5.74, 6) is -0.264. The van der Waals surface area contributed by atoms with Crippen molar-refractivity contribution in [2.24, 2.45) is 0 Å². The summed E-state index contributed by atoms with van der Waals surface area (Å²) in [6.45, 7) is 3.61. The van der Waals surface area contributed by atoms with Crippen LogP contribution in [-0.2, 0) is 10.3 Å². The molecule has 0 spiro atoms. The van der Waals surface area contributed by atoms with Crippen molar-refractivity contribution in [2.75, 3.05) is 18.4 Å². The first kappa shape index (κ1) is 18.6. The van der Waals surface area contributed by atoms with Gasteiger partial charge in [-0.15, -0.1) is 11.3 Å². The Balaban J connectivity index is 1.49. The number of hydrogen-bond acceptors (Lipinski definition) is 6. The maximum Gasteiger partial charge on any atom is 0.322 e. The van der Waals surface area contributed by atoms with Gasteiger partial charge in [-0.25, -0.2) is 9.78 Å². The quantitative estimate of drug-likeness (QED) is 0.587. The number of imide groups is 1. The Morgan fingerprint density at radius 3 is 2.79 bits per heavy atom. The van der Waals surface area contributed by atoms with Gasteiger partial charge in [0.1, 0.15) is 5.54 Å². The molecular weight excluding hydrogens is 378 g/mol. The van der Waals surface area contributed by atoms with Crippen molar-refractivity contribution in [1.82, 2.24) is 20.9 Å². The summed E-state index contributed by atoms with van der Waals surface area (Å²) in [6, 6.07) is 6.13. The van der Waals surface area contributed by atoms with E-state index in [9.17, 15) is 14.4 Å². The highest BCUT2D eigenvalue weighted by atomic mass is 32.1. The second kappa shape index (κ2) is 7.33. The topological polar surface area (TPSA) is 112 Å². The molecule has 0 aliphatic carbocycles. The van der Waals surface area contributed by atoms with Gasteiger partial charge in [0.05, 0.1) is 0 Å². The van der Waals surface area contributed by atoms with Crippen LogP contribution in [0.25, 0.3) is 0 Å². The Morgan fingerprint density at radius 1 is 1.29 bits per heavy atom. The molecule has 1 unspecified atom stereocenters. The van der Waals surface area contributed by atoms with Gasteiger partial charge >= 0.3 is 6.03 Å². The van der Waals surface area contributed by atoms with Gasteiger partial charge in [0.15, 0.2) is 5.13 Å². The summed E-state index contributed by atoms with van der Waals surface area (Å²) in [4.78, 5) is 41.8. The smallest absolute Gasteiger partial charge is 0.320 e. The van der Waals surface area contributed by atoms with Gasteiger partial charge in [-0.2, -0.15) is 0 Å². The zero-order valence-corrected chi connectivity index (χ0v) is 16.2. The third-order valence-corrected chi connectivity index (χ3v) is 6.31. The fourth-order valence-electron chi connectivity index (χ4n) is 3.53. The number of carbonyl (C=O) groups excluding carboxylic acids is 3. The molecule has 2 aliphatic rings.